The largest absolute Gasteiger partial charge is 0.249 e. The first-order chi connectivity index (χ1) is 11.2. The first-order valence-electron chi connectivity index (χ1n) is 7.84. The second kappa shape index (κ2) is 11.5. The molecule has 0 aromatic heterocycles. The number of allylic oxidation sites excluding steroid dienone is 1. The number of unbranched alkanes of at least 4 members (excludes halogenated alkanes) is 2. The molecule has 0 unspecified atom stereocenters. The molecule has 2 rings (SSSR count). The summed E-state index contributed by atoms with van der Waals surface area (Å²) in [6.45, 7) is 2.09. The Morgan fingerprint density at radius 1 is 0.870 bits per heavy atom. The van der Waals surface area contributed by atoms with E-state index in [0.29, 0.717) is 17.5 Å². The van der Waals surface area contributed by atoms with Crippen molar-refractivity contribution in [1.82, 2.24) is 0 Å². The fraction of sp³-hybridized carbons (Fsp3) is 0.300. The Morgan fingerprint density at radius 2 is 1.35 bits per heavy atom. The lowest BCUT2D eigenvalue weighted by Crippen LogP contribution is -2.10. The van der Waals surface area contributed by atoms with Gasteiger partial charge in [0.25, 0.3) is 0 Å². The summed E-state index contributed by atoms with van der Waals surface area (Å²) >= 11 is 0. The van der Waals surface area contributed by atoms with Crippen LogP contribution in [-0.2, 0) is 0 Å². The Morgan fingerprint density at radius 3 is 1.70 bits per heavy atom. The Hall–Kier alpha value is -2.03. The van der Waals surface area contributed by atoms with Crippen LogP contribution in [0.5, 0.6) is 0 Å². The molecule has 0 aliphatic carbocycles. The lowest BCUT2D eigenvalue weighted by atomic mass is 9.92. The van der Waals surface area contributed by atoms with E-state index in [1.54, 1.807) is 54.6 Å². The van der Waals surface area contributed by atoms with Gasteiger partial charge in [0.05, 0.1) is 12.2 Å². The maximum Gasteiger partial charge on any atom is 0.249 e. The van der Waals surface area contributed by atoms with E-state index in [-0.39, 0.29) is 0 Å². The van der Waals surface area contributed by atoms with E-state index in [4.69, 9.17) is 0 Å². The summed E-state index contributed by atoms with van der Waals surface area (Å²) < 4.78 is 37.3. The second-order valence-corrected chi connectivity index (χ2v) is 5.14. The van der Waals surface area contributed by atoms with Crippen LogP contribution >= 0.6 is 0 Å². The molecule has 0 amide bonds. The van der Waals surface area contributed by atoms with Crippen LogP contribution in [0.25, 0.3) is 0 Å². The van der Waals surface area contributed by atoms with Gasteiger partial charge in [-0.1, -0.05) is 80.1 Å². The van der Waals surface area contributed by atoms with Crippen LogP contribution in [0.3, 0.4) is 0 Å². The van der Waals surface area contributed by atoms with Crippen LogP contribution in [0.1, 0.15) is 43.2 Å². The Balaban J connectivity index is 0.000000322. The zero-order chi connectivity index (χ0) is 16.9. The molecule has 0 aliphatic heterocycles. The maximum atomic E-state index is 13.1. The molecule has 3 heteroatoms. The number of benzene rings is 2. The fourth-order valence-corrected chi connectivity index (χ4v) is 2.19. The van der Waals surface area contributed by atoms with E-state index in [2.05, 4.69) is 6.92 Å². The van der Waals surface area contributed by atoms with Crippen molar-refractivity contribution in [2.45, 2.75) is 38.5 Å². The topological polar surface area (TPSA) is 0 Å². The first kappa shape index (κ1) is 19.0. The molecule has 0 aliphatic rings. The predicted molar refractivity (Wildman–Crippen MR) is 90.5 cm³/mol. The number of rotatable bonds is 6. The van der Waals surface area contributed by atoms with Crippen LogP contribution in [0, 0.1) is 0 Å². The average molecular weight is 320 g/mol. The highest BCUT2D eigenvalue weighted by atomic mass is 19.3. The summed E-state index contributed by atoms with van der Waals surface area (Å²) in [5.74, 6) is -0.831. The third kappa shape index (κ3) is 7.18. The molecule has 0 fully saturated rings. The molecule has 0 atom stereocenters. The van der Waals surface area contributed by atoms with Crippen LogP contribution in [0.15, 0.2) is 73.1 Å². The van der Waals surface area contributed by atoms with Crippen molar-refractivity contribution in [3.63, 3.8) is 0 Å². The molecular weight excluding hydrogens is 297 g/mol. The lowest BCUT2D eigenvalue weighted by molar-refractivity contribution is 0.129. The Bertz CT molecular complexity index is 496. The normalized spacial score (nSPS) is 10.9. The Kier molecular flexibility index (Phi) is 9.53. The van der Waals surface area contributed by atoms with E-state index in [9.17, 15) is 13.2 Å². The van der Waals surface area contributed by atoms with Crippen molar-refractivity contribution in [3.05, 3.63) is 84.2 Å². The van der Waals surface area contributed by atoms with Gasteiger partial charge in [0.2, 0.25) is 6.43 Å². The van der Waals surface area contributed by atoms with Crippen LogP contribution in [0.4, 0.5) is 13.2 Å². The standard InChI is InChI=1S/C14H12F2.C6H11F/c15-14(16)13(11-7-3-1-4-8-11)12-9-5-2-6-10-12;1-2-3-4-5-6-7/h1-10,13-14H;5-6H,2-4H2,1H3. The van der Waals surface area contributed by atoms with E-state index < -0.39 is 12.3 Å². The van der Waals surface area contributed by atoms with Gasteiger partial charge in [-0.15, -0.1) is 0 Å². The number of hydrogen-bond donors (Lipinski definition) is 0. The van der Waals surface area contributed by atoms with Crippen LogP contribution in [0.2, 0.25) is 0 Å². The number of hydrogen-bond acceptors (Lipinski definition) is 0. The van der Waals surface area contributed by atoms with Gasteiger partial charge < -0.3 is 0 Å². The molecule has 124 valence electrons. The van der Waals surface area contributed by atoms with E-state index in [1.165, 1.54) is 0 Å². The van der Waals surface area contributed by atoms with Gasteiger partial charge >= 0.3 is 0 Å². The quantitative estimate of drug-likeness (QED) is 0.517. The molecule has 23 heavy (non-hydrogen) atoms. The average Bonchev–Trinajstić information content (AvgIpc) is 2.58. The molecule has 2 aromatic carbocycles. The summed E-state index contributed by atoms with van der Waals surface area (Å²) in [4.78, 5) is 0. The third-order valence-electron chi connectivity index (χ3n) is 3.38. The minimum atomic E-state index is -2.38. The van der Waals surface area contributed by atoms with Crippen molar-refractivity contribution < 1.29 is 13.2 Å². The van der Waals surface area contributed by atoms with Gasteiger partial charge in [0, 0.05) is 0 Å². The minimum absolute atomic E-state index is 0.607. The molecule has 0 heterocycles. The summed E-state index contributed by atoms with van der Waals surface area (Å²) in [5.41, 5.74) is 1.31. The van der Waals surface area contributed by atoms with Gasteiger partial charge in [-0.3, -0.25) is 0 Å². The molecule has 0 bridgehead atoms. The molecule has 2 aromatic rings. The Labute approximate surface area is 136 Å². The van der Waals surface area contributed by atoms with Crippen molar-refractivity contribution in [1.29, 1.82) is 0 Å². The second-order valence-electron chi connectivity index (χ2n) is 5.14. The van der Waals surface area contributed by atoms with Crippen molar-refractivity contribution in [2.24, 2.45) is 0 Å². The van der Waals surface area contributed by atoms with E-state index in [0.717, 1.165) is 19.3 Å². The minimum Gasteiger partial charge on any atom is -0.216 e. The van der Waals surface area contributed by atoms with Gasteiger partial charge in [-0.05, 0) is 24.0 Å². The van der Waals surface area contributed by atoms with E-state index >= 15 is 0 Å². The first-order valence-corrected chi connectivity index (χ1v) is 7.84. The molecule has 0 saturated heterocycles. The molecule has 0 spiro atoms. The van der Waals surface area contributed by atoms with Gasteiger partial charge in [0.15, 0.2) is 0 Å². The molecule has 0 nitrogen and oxygen atoms in total. The smallest absolute Gasteiger partial charge is 0.216 e. The van der Waals surface area contributed by atoms with Crippen LogP contribution in [-0.4, -0.2) is 6.43 Å². The zero-order valence-corrected chi connectivity index (χ0v) is 13.3. The van der Waals surface area contributed by atoms with Crippen LogP contribution < -0.4 is 0 Å². The SMILES string of the molecule is CCCCC=CF.FC(F)C(c1ccccc1)c1ccccc1. The van der Waals surface area contributed by atoms with Crippen molar-refractivity contribution in [2.75, 3.05) is 0 Å². The summed E-state index contributed by atoms with van der Waals surface area (Å²) in [6, 6.07) is 17.8. The van der Waals surface area contributed by atoms with Crippen molar-refractivity contribution >= 4 is 0 Å². The molecule has 0 radical (unpaired) electrons. The lowest BCUT2D eigenvalue weighted by Gasteiger charge is -2.16. The highest BCUT2D eigenvalue weighted by Crippen LogP contribution is 2.30. The van der Waals surface area contributed by atoms with Crippen molar-refractivity contribution in [3.8, 4) is 0 Å². The summed E-state index contributed by atoms with van der Waals surface area (Å²) in [6.07, 6.45) is 2.89. The summed E-state index contributed by atoms with van der Waals surface area (Å²) in [7, 11) is 0. The predicted octanol–water partition coefficient (Wildman–Crippen LogP) is 6.74. The van der Waals surface area contributed by atoms with Gasteiger partial charge in [0.1, 0.15) is 0 Å². The number of alkyl halides is 2. The molecular formula is C20H23F3. The monoisotopic (exact) mass is 320 g/mol. The fourth-order valence-electron chi connectivity index (χ4n) is 2.19. The highest BCUT2D eigenvalue weighted by molar-refractivity contribution is 5.32. The zero-order valence-electron chi connectivity index (χ0n) is 13.3. The van der Waals surface area contributed by atoms with Gasteiger partial charge in [-0.2, -0.15) is 0 Å². The molecule has 0 saturated carbocycles. The highest BCUT2D eigenvalue weighted by Gasteiger charge is 2.23. The van der Waals surface area contributed by atoms with Gasteiger partial charge in [-0.25, -0.2) is 13.2 Å². The van der Waals surface area contributed by atoms with E-state index in [1.807, 2.05) is 12.1 Å². The third-order valence-corrected chi connectivity index (χ3v) is 3.38. The number of halogens is 3. The molecule has 0 N–H and O–H groups in total. The maximum absolute atomic E-state index is 13.1. The summed E-state index contributed by atoms with van der Waals surface area (Å²) in [5, 5.41) is 0.